The molecule has 162 valence electrons. The number of H-pyrrole nitrogens is 1. The number of hydrogen-bond acceptors (Lipinski definition) is 6. The molecule has 5 rings (SSSR count). The van der Waals surface area contributed by atoms with E-state index in [4.69, 9.17) is 4.74 Å². The number of likely N-dealkylation sites (tertiary alicyclic amines) is 1. The van der Waals surface area contributed by atoms with Crippen LogP contribution < -0.4 is 10.3 Å². The van der Waals surface area contributed by atoms with Gasteiger partial charge in [-0.25, -0.2) is 14.8 Å². The lowest BCUT2D eigenvalue weighted by Gasteiger charge is -2.22. The van der Waals surface area contributed by atoms with Crippen LogP contribution in [0.1, 0.15) is 42.6 Å². The number of amides is 1. The Hall–Kier alpha value is -2.95. The standard InChI is InChI=1S/C20H17F3N4O3S/c21-20(22,23)19(8-9-19)17-25-14(28)13-16(26-17)31-15(24-13)12-7-4-10-27(12)18(29)30-11-5-2-1-3-6-11/h1-3,5-6,12H,4,7-10H2,(H,25,26,28). The summed E-state index contributed by atoms with van der Waals surface area (Å²) in [5.74, 6) is 0.0477. The second kappa shape index (κ2) is 7.04. The molecule has 1 aliphatic heterocycles. The molecule has 7 nitrogen and oxygen atoms in total. The Morgan fingerprint density at radius 3 is 2.65 bits per heavy atom. The molecule has 0 spiro atoms. The predicted molar refractivity (Wildman–Crippen MR) is 106 cm³/mol. The Labute approximate surface area is 177 Å². The van der Waals surface area contributed by atoms with Gasteiger partial charge in [0, 0.05) is 6.54 Å². The zero-order chi connectivity index (χ0) is 21.8. The summed E-state index contributed by atoms with van der Waals surface area (Å²) in [4.78, 5) is 37.5. The Morgan fingerprint density at radius 1 is 1.23 bits per heavy atom. The molecule has 2 aliphatic rings. The average molecular weight is 450 g/mol. The molecule has 11 heteroatoms. The first-order valence-electron chi connectivity index (χ1n) is 9.80. The summed E-state index contributed by atoms with van der Waals surface area (Å²) in [7, 11) is 0. The Balaban J connectivity index is 1.45. The van der Waals surface area contributed by atoms with Crippen LogP contribution in [0.5, 0.6) is 5.75 Å². The SMILES string of the molecule is O=C(Oc1ccccc1)N1CCCC1c1nc2c(=O)[nH]c(C3(C(F)(F)F)CC3)nc2s1. The molecule has 3 heterocycles. The third-order valence-corrected chi connectivity index (χ3v) is 6.80. The number of alkyl halides is 3. The van der Waals surface area contributed by atoms with Crippen molar-refractivity contribution in [1.29, 1.82) is 0 Å². The number of aromatic nitrogens is 3. The van der Waals surface area contributed by atoms with Crippen LogP contribution in [0.15, 0.2) is 35.1 Å². The minimum Gasteiger partial charge on any atom is -0.410 e. The summed E-state index contributed by atoms with van der Waals surface area (Å²) in [5, 5.41) is 0.463. The molecule has 1 amide bonds. The monoisotopic (exact) mass is 450 g/mol. The van der Waals surface area contributed by atoms with Gasteiger partial charge in [0.2, 0.25) is 0 Å². The van der Waals surface area contributed by atoms with Crippen molar-refractivity contribution in [3.8, 4) is 5.75 Å². The fourth-order valence-corrected chi connectivity index (χ4v) is 4.97. The highest BCUT2D eigenvalue weighted by molar-refractivity contribution is 7.18. The van der Waals surface area contributed by atoms with E-state index in [-0.39, 0.29) is 29.0 Å². The Bertz CT molecular complexity index is 1200. The summed E-state index contributed by atoms with van der Waals surface area (Å²) in [6.07, 6.45) is -3.88. The molecule has 0 radical (unpaired) electrons. The number of thiazole rings is 1. The number of rotatable bonds is 3. The van der Waals surface area contributed by atoms with Gasteiger partial charge in [0.25, 0.3) is 5.56 Å². The number of aromatic amines is 1. The lowest BCUT2D eigenvalue weighted by molar-refractivity contribution is -0.162. The largest absolute Gasteiger partial charge is 0.415 e. The maximum Gasteiger partial charge on any atom is 0.415 e. The second-order valence-corrected chi connectivity index (χ2v) is 8.74. The molecular formula is C20H17F3N4O3S. The highest BCUT2D eigenvalue weighted by Crippen LogP contribution is 2.57. The van der Waals surface area contributed by atoms with E-state index >= 15 is 0 Å². The lowest BCUT2D eigenvalue weighted by Crippen LogP contribution is -2.33. The van der Waals surface area contributed by atoms with Crippen LogP contribution in [0, 0.1) is 0 Å². The summed E-state index contributed by atoms with van der Waals surface area (Å²) in [5.41, 5.74) is -2.79. The maximum absolute atomic E-state index is 13.5. The molecule has 1 N–H and O–H groups in total. The van der Waals surface area contributed by atoms with E-state index in [1.54, 1.807) is 30.3 Å². The molecule has 31 heavy (non-hydrogen) atoms. The van der Waals surface area contributed by atoms with Crippen molar-refractivity contribution >= 4 is 27.8 Å². The van der Waals surface area contributed by atoms with Crippen molar-refractivity contribution in [1.82, 2.24) is 19.9 Å². The van der Waals surface area contributed by atoms with E-state index in [9.17, 15) is 22.8 Å². The number of carbonyl (C=O) groups is 1. The molecule has 1 saturated heterocycles. The highest BCUT2D eigenvalue weighted by atomic mass is 32.1. The first-order chi connectivity index (χ1) is 14.8. The van der Waals surface area contributed by atoms with E-state index in [1.165, 1.54) is 4.90 Å². The number of fused-ring (bicyclic) bond motifs is 1. The molecule has 2 fully saturated rings. The first kappa shape index (κ1) is 20.0. The lowest BCUT2D eigenvalue weighted by atomic mass is 10.1. The van der Waals surface area contributed by atoms with E-state index in [0.717, 1.165) is 17.8 Å². The Morgan fingerprint density at radius 2 is 1.97 bits per heavy atom. The quantitative estimate of drug-likeness (QED) is 0.643. The number of nitrogens with zero attached hydrogens (tertiary/aromatic N) is 3. The van der Waals surface area contributed by atoms with Gasteiger partial charge >= 0.3 is 12.3 Å². The second-order valence-electron chi connectivity index (χ2n) is 7.73. The zero-order valence-corrected chi connectivity index (χ0v) is 16.9. The van der Waals surface area contributed by atoms with Crippen molar-refractivity contribution in [2.45, 2.75) is 43.3 Å². The van der Waals surface area contributed by atoms with Crippen molar-refractivity contribution in [2.75, 3.05) is 6.54 Å². The molecule has 1 aromatic carbocycles. The van der Waals surface area contributed by atoms with Crippen LogP contribution in [0.3, 0.4) is 0 Å². The van der Waals surface area contributed by atoms with Gasteiger partial charge in [0.15, 0.2) is 10.3 Å². The molecule has 2 aromatic heterocycles. The van der Waals surface area contributed by atoms with E-state index < -0.39 is 29.3 Å². The van der Waals surface area contributed by atoms with Crippen LogP contribution in [0.4, 0.5) is 18.0 Å². The molecular weight excluding hydrogens is 433 g/mol. The fourth-order valence-electron chi connectivity index (χ4n) is 3.89. The van der Waals surface area contributed by atoms with Gasteiger partial charge in [-0.1, -0.05) is 29.5 Å². The first-order valence-corrected chi connectivity index (χ1v) is 10.6. The number of nitrogens with one attached hydrogen (secondary N) is 1. The van der Waals surface area contributed by atoms with Crippen LogP contribution in [0.2, 0.25) is 0 Å². The zero-order valence-electron chi connectivity index (χ0n) is 16.1. The van der Waals surface area contributed by atoms with Crippen LogP contribution in [-0.4, -0.2) is 38.7 Å². The smallest absolute Gasteiger partial charge is 0.410 e. The van der Waals surface area contributed by atoms with Gasteiger partial charge in [-0.05, 0) is 37.8 Å². The summed E-state index contributed by atoms with van der Waals surface area (Å²) in [6.45, 7) is 0.457. The molecule has 0 bridgehead atoms. The van der Waals surface area contributed by atoms with Gasteiger partial charge < -0.3 is 9.72 Å². The van der Waals surface area contributed by atoms with Crippen molar-refractivity contribution in [2.24, 2.45) is 0 Å². The maximum atomic E-state index is 13.5. The number of benzene rings is 1. The predicted octanol–water partition coefficient (Wildman–Crippen LogP) is 4.31. The van der Waals surface area contributed by atoms with Crippen molar-refractivity contribution in [3.05, 3.63) is 51.5 Å². The summed E-state index contributed by atoms with van der Waals surface area (Å²) in [6, 6.07) is 8.22. The van der Waals surface area contributed by atoms with Crippen LogP contribution >= 0.6 is 11.3 Å². The third-order valence-electron chi connectivity index (χ3n) is 5.75. The number of halogens is 3. The van der Waals surface area contributed by atoms with Crippen molar-refractivity contribution in [3.63, 3.8) is 0 Å². The minimum atomic E-state index is -4.48. The van der Waals surface area contributed by atoms with Crippen LogP contribution in [-0.2, 0) is 5.41 Å². The molecule has 1 saturated carbocycles. The fraction of sp³-hybridized carbons (Fsp3) is 0.400. The number of carbonyl (C=O) groups excluding carboxylic acids is 1. The van der Waals surface area contributed by atoms with Gasteiger partial charge in [0.05, 0.1) is 6.04 Å². The van der Waals surface area contributed by atoms with E-state index in [2.05, 4.69) is 15.0 Å². The highest BCUT2D eigenvalue weighted by Gasteiger charge is 2.66. The Kier molecular flexibility index (Phi) is 4.54. The third kappa shape index (κ3) is 3.36. The van der Waals surface area contributed by atoms with Crippen LogP contribution in [0.25, 0.3) is 10.3 Å². The van der Waals surface area contributed by atoms with Crippen molar-refractivity contribution < 1.29 is 22.7 Å². The molecule has 1 atom stereocenters. The van der Waals surface area contributed by atoms with Gasteiger partial charge in [-0.3, -0.25) is 9.69 Å². The number of ether oxygens (including phenoxy) is 1. The topological polar surface area (TPSA) is 88.2 Å². The van der Waals surface area contributed by atoms with E-state index in [0.29, 0.717) is 23.7 Å². The normalized spacial score (nSPS) is 20.2. The molecule has 3 aromatic rings. The molecule has 1 unspecified atom stereocenters. The van der Waals surface area contributed by atoms with Gasteiger partial charge in [-0.2, -0.15) is 13.2 Å². The van der Waals surface area contributed by atoms with E-state index in [1.807, 2.05) is 0 Å². The summed E-state index contributed by atoms with van der Waals surface area (Å²) >= 11 is 1.05. The number of hydrogen-bond donors (Lipinski definition) is 1. The number of para-hydroxylation sites is 1. The average Bonchev–Trinajstić information content (AvgIpc) is 3.22. The molecule has 1 aliphatic carbocycles. The van der Waals surface area contributed by atoms with Gasteiger partial charge in [-0.15, -0.1) is 0 Å². The van der Waals surface area contributed by atoms with Gasteiger partial charge in [0.1, 0.15) is 22.0 Å². The minimum absolute atomic E-state index is 0.00926. The summed E-state index contributed by atoms with van der Waals surface area (Å²) < 4.78 is 45.8.